The Morgan fingerprint density at radius 1 is 1.14 bits per heavy atom. The lowest BCUT2D eigenvalue weighted by Crippen LogP contribution is -2.40. The van der Waals surface area contributed by atoms with E-state index in [-0.39, 0.29) is 5.91 Å². The summed E-state index contributed by atoms with van der Waals surface area (Å²) in [5.41, 5.74) is 1.94. The fourth-order valence-electron chi connectivity index (χ4n) is 2.45. The van der Waals surface area contributed by atoms with Crippen LogP contribution in [0.25, 0.3) is 0 Å². The van der Waals surface area contributed by atoms with Crippen molar-refractivity contribution in [3.8, 4) is 5.75 Å². The molecule has 4 nitrogen and oxygen atoms in total. The lowest BCUT2D eigenvalue weighted by atomic mass is 10.2. The average Bonchev–Trinajstić information content (AvgIpc) is 2.55. The first-order valence-electron chi connectivity index (χ1n) is 7.26. The zero-order valence-corrected chi connectivity index (χ0v) is 12.8. The van der Waals surface area contributed by atoms with Crippen LogP contribution >= 0.6 is 11.6 Å². The van der Waals surface area contributed by atoms with E-state index in [4.69, 9.17) is 16.3 Å². The molecule has 1 aliphatic rings. The number of para-hydroxylation sites is 2. The summed E-state index contributed by atoms with van der Waals surface area (Å²) in [6.07, 6.45) is 0.767. The Hall–Kier alpha value is -2.20. The number of fused-ring (bicyclic) bond motifs is 1. The molecule has 0 saturated heterocycles. The standard InChI is InChI=1S/C17H17ClN2O2/c18-13-6-8-14(9-7-13)22-11-3-10-20-16-5-2-1-4-15(16)19-12-17(20)21/h1-2,4-9,19H,3,10-12H2. The Morgan fingerprint density at radius 2 is 1.91 bits per heavy atom. The smallest absolute Gasteiger partial charge is 0.246 e. The van der Waals surface area contributed by atoms with Gasteiger partial charge in [0.15, 0.2) is 0 Å². The molecule has 0 atom stereocenters. The molecular weight excluding hydrogens is 300 g/mol. The SMILES string of the molecule is O=C1CNc2ccccc2N1CCCOc1ccc(Cl)cc1. The highest BCUT2D eigenvalue weighted by molar-refractivity contribution is 6.30. The third kappa shape index (κ3) is 3.34. The number of ether oxygens (including phenoxy) is 1. The van der Waals surface area contributed by atoms with Crippen molar-refractivity contribution >= 4 is 28.9 Å². The molecule has 0 spiro atoms. The van der Waals surface area contributed by atoms with Crippen molar-refractivity contribution in [2.45, 2.75) is 6.42 Å². The second kappa shape index (κ2) is 6.71. The van der Waals surface area contributed by atoms with Crippen molar-refractivity contribution in [1.29, 1.82) is 0 Å². The molecule has 5 heteroatoms. The number of rotatable bonds is 5. The van der Waals surface area contributed by atoms with Gasteiger partial charge in [0.25, 0.3) is 0 Å². The van der Waals surface area contributed by atoms with Crippen LogP contribution in [0.5, 0.6) is 5.75 Å². The van der Waals surface area contributed by atoms with Crippen molar-refractivity contribution in [2.75, 3.05) is 29.9 Å². The van der Waals surface area contributed by atoms with Crippen molar-refractivity contribution in [3.63, 3.8) is 0 Å². The summed E-state index contributed by atoms with van der Waals surface area (Å²) in [4.78, 5) is 13.9. The van der Waals surface area contributed by atoms with Crippen LogP contribution in [0, 0.1) is 0 Å². The van der Waals surface area contributed by atoms with Crippen LogP contribution in [0.1, 0.15) is 6.42 Å². The maximum Gasteiger partial charge on any atom is 0.246 e. The number of hydrogen-bond donors (Lipinski definition) is 1. The number of carbonyl (C=O) groups excluding carboxylic acids is 1. The Bertz CT molecular complexity index is 658. The van der Waals surface area contributed by atoms with Gasteiger partial charge < -0.3 is 15.0 Å². The quantitative estimate of drug-likeness (QED) is 0.857. The second-order valence-corrected chi connectivity index (χ2v) is 5.51. The third-order valence-electron chi connectivity index (χ3n) is 3.53. The highest BCUT2D eigenvalue weighted by Crippen LogP contribution is 2.28. The number of amides is 1. The highest BCUT2D eigenvalue weighted by Gasteiger charge is 2.22. The van der Waals surface area contributed by atoms with Gasteiger partial charge in [0, 0.05) is 11.6 Å². The molecule has 2 aromatic rings. The van der Waals surface area contributed by atoms with Crippen molar-refractivity contribution in [3.05, 3.63) is 53.6 Å². The molecule has 1 N–H and O–H groups in total. The monoisotopic (exact) mass is 316 g/mol. The predicted octanol–water partition coefficient (Wildman–Crippen LogP) is 3.57. The molecule has 0 saturated carbocycles. The van der Waals surface area contributed by atoms with Crippen molar-refractivity contribution in [2.24, 2.45) is 0 Å². The number of benzene rings is 2. The largest absolute Gasteiger partial charge is 0.494 e. The minimum absolute atomic E-state index is 0.0881. The first-order chi connectivity index (χ1) is 10.7. The van der Waals surface area contributed by atoms with Crippen LogP contribution in [0.15, 0.2) is 48.5 Å². The van der Waals surface area contributed by atoms with Gasteiger partial charge >= 0.3 is 0 Å². The summed E-state index contributed by atoms with van der Waals surface area (Å²) in [7, 11) is 0. The number of nitrogens with zero attached hydrogens (tertiary/aromatic N) is 1. The number of halogens is 1. The zero-order chi connectivity index (χ0) is 15.4. The van der Waals surface area contributed by atoms with E-state index >= 15 is 0 Å². The van der Waals surface area contributed by atoms with Gasteiger partial charge in [-0.25, -0.2) is 0 Å². The number of nitrogens with one attached hydrogen (secondary N) is 1. The van der Waals surface area contributed by atoms with Gasteiger partial charge in [0.2, 0.25) is 5.91 Å². The summed E-state index contributed by atoms with van der Waals surface area (Å²) < 4.78 is 5.66. The highest BCUT2D eigenvalue weighted by atomic mass is 35.5. The number of anilines is 2. The van der Waals surface area contributed by atoms with Gasteiger partial charge in [-0.1, -0.05) is 23.7 Å². The second-order valence-electron chi connectivity index (χ2n) is 5.07. The minimum Gasteiger partial charge on any atom is -0.494 e. The van der Waals surface area contributed by atoms with Crippen LogP contribution < -0.4 is 15.0 Å². The summed E-state index contributed by atoms with van der Waals surface area (Å²) in [6.45, 7) is 1.54. The maximum atomic E-state index is 12.1. The summed E-state index contributed by atoms with van der Waals surface area (Å²) >= 11 is 5.83. The molecule has 0 radical (unpaired) electrons. The average molecular weight is 317 g/mol. The van der Waals surface area contributed by atoms with Crippen LogP contribution in [0.2, 0.25) is 5.02 Å². The van der Waals surface area contributed by atoms with E-state index < -0.39 is 0 Å². The normalized spacial score (nSPS) is 13.5. The van der Waals surface area contributed by atoms with Crippen LogP contribution in [0.3, 0.4) is 0 Å². The van der Waals surface area contributed by atoms with Gasteiger partial charge in [-0.3, -0.25) is 4.79 Å². The summed E-state index contributed by atoms with van der Waals surface area (Å²) in [6, 6.07) is 15.1. The molecule has 0 unspecified atom stereocenters. The first-order valence-corrected chi connectivity index (χ1v) is 7.63. The van der Waals surface area contributed by atoms with Gasteiger partial charge in [0.05, 0.1) is 24.5 Å². The Kier molecular flexibility index (Phi) is 4.49. The van der Waals surface area contributed by atoms with Crippen LogP contribution in [-0.2, 0) is 4.79 Å². The Morgan fingerprint density at radius 3 is 2.73 bits per heavy atom. The molecule has 22 heavy (non-hydrogen) atoms. The molecule has 0 aliphatic carbocycles. The molecule has 1 aliphatic heterocycles. The maximum absolute atomic E-state index is 12.1. The summed E-state index contributed by atoms with van der Waals surface area (Å²) in [5.74, 6) is 0.877. The number of hydrogen-bond acceptors (Lipinski definition) is 3. The van der Waals surface area contributed by atoms with Crippen molar-refractivity contribution < 1.29 is 9.53 Å². The van der Waals surface area contributed by atoms with Crippen molar-refractivity contribution in [1.82, 2.24) is 0 Å². The van der Waals surface area contributed by atoms with Crippen LogP contribution in [0.4, 0.5) is 11.4 Å². The Labute approximate surface area is 134 Å². The predicted molar refractivity (Wildman–Crippen MR) is 88.8 cm³/mol. The molecule has 2 aromatic carbocycles. The molecular formula is C17H17ClN2O2. The fraction of sp³-hybridized carbons (Fsp3) is 0.235. The van der Waals surface area contributed by atoms with E-state index in [9.17, 15) is 4.79 Å². The molecule has 114 valence electrons. The van der Waals surface area contributed by atoms with Gasteiger partial charge in [-0.05, 0) is 42.8 Å². The molecule has 0 bridgehead atoms. The van der Waals surface area contributed by atoms with E-state index in [2.05, 4.69) is 5.32 Å². The fourth-order valence-corrected chi connectivity index (χ4v) is 2.57. The van der Waals surface area contributed by atoms with Gasteiger partial charge in [-0.2, -0.15) is 0 Å². The lowest BCUT2D eigenvalue weighted by Gasteiger charge is -2.30. The van der Waals surface area contributed by atoms with E-state index in [1.165, 1.54) is 0 Å². The third-order valence-corrected chi connectivity index (χ3v) is 3.79. The number of carbonyl (C=O) groups is 1. The molecule has 1 heterocycles. The van der Waals surface area contributed by atoms with Crippen LogP contribution in [-0.4, -0.2) is 25.6 Å². The molecule has 0 aromatic heterocycles. The molecule has 0 fully saturated rings. The summed E-state index contributed by atoms with van der Waals surface area (Å²) in [5, 5.41) is 3.82. The lowest BCUT2D eigenvalue weighted by molar-refractivity contribution is -0.117. The van der Waals surface area contributed by atoms with E-state index in [1.807, 2.05) is 41.3 Å². The van der Waals surface area contributed by atoms with E-state index in [0.29, 0.717) is 24.7 Å². The molecule has 1 amide bonds. The first kappa shape index (κ1) is 14.7. The minimum atomic E-state index is 0.0881. The van der Waals surface area contributed by atoms with Gasteiger partial charge in [-0.15, -0.1) is 0 Å². The molecule has 3 rings (SSSR count). The topological polar surface area (TPSA) is 41.6 Å². The van der Waals surface area contributed by atoms with Gasteiger partial charge in [0.1, 0.15) is 5.75 Å². The Balaban J connectivity index is 1.55. The zero-order valence-electron chi connectivity index (χ0n) is 12.1. The van der Waals surface area contributed by atoms with E-state index in [1.54, 1.807) is 12.1 Å². The van der Waals surface area contributed by atoms with E-state index in [0.717, 1.165) is 23.5 Å².